The summed E-state index contributed by atoms with van der Waals surface area (Å²) in [5.41, 5.74) is 0.611. The lowest BCUT2D eigenvalue weighted by Crippen LogP contribution is -2.28. The Kier molecular flexibility index (Phi) is 4.43. The molecule has 3 rings (SSSR count). The number of H-pyrrole nitrogens is 1. The molecule has 1 atom stereocenters. The highest BCUT2D eigenvalue weighted by atomic mass is 19.1. The third-order valence-electron chi connectivity index (χ3n) is 3.87. The normalized spacial score (nSPS) is 18.5. The summed E-state index contributed by atoms with van der Waals surface area (Å²) < 4.78 is 12.8. The average Bonchev–Trinajstić information content (AvgIpc) is 3.18. The SMILES string of the molecule is O=C(CCN1CCCC1c1ncn[nH]1)Nc1ccc(F)cc1. The fourth-order valence-corrected chi connectivity index (χ4v) is 2.78. The van der Waals surface area contributed by atoms with Crippen LogP contribution in [-0.2, 0) is 4.79 Å². The van der Waals surface area contributed by atoms with Crippen LogP contribution in [0.4, 0.5) is 10.1 Å². The van der Waals surface area contributed by atoms with E-state index in [4.69, 9.17) is 0 Å². The number of aromatic nitrogens is 3. The van der Waals surface area contributed by atoms with Crippen molar-refractivity contribution in [1.29, 1.82) is 0 Å². The fourth-order valence-electron chi connectivity index (χ4n) is 2.78. The van der Waals surface area contributed by atoms with E-state index in [0.29, 0.717) is 18.7 Å². The van der Waals surface area contributed by atoms with Crippen molar-refractivity contribution in [3.05, 3.63) is 42.2 Å². The number of hydrogen-bond donors (Lipinski definition) is 2. The molecule has 1 aromatic heterocycles. The van der Waals surface area contributed by atoms with Gasteiger partial charge in [-0.2, -0.15) is 5.10 Å². The smallest absolute Gasteiger partial charge is 0.225 e. The predicted octanol–water partition coefficient (Wildman–Crippen LogP) is 2.11. The number of benzene rings is 1. The number of anilines is 1. The molecular weight excluding hydrogens is 285 g/mol. The zero-order valence-electron chi connectivity index (χ0n) is 12.1. The summed E-state index contributed by atoms with van der Waals surface area (Å²) in [7, 11) is 0. The maximum Gasteiger partial charge on any atom is 0.225 e. The van der Waals surface area contributed by atoms with Crippen LogP contribution in [0.3, 0.4) is 0 Å². The highest BCUT2D eigenvalue weighted by Gasteiger charge is 2.28. The molecule has 1 aliphatic heterocycles. The van der Waals surface area contributed by atoms with Crippen molar-refractivity contribution in [3.63, 3.8) is 0 Å². The standard InChI is InChI=1S/C15H18FN5O/c16-11-3-5-12(6-4-11)19-14(22)7-9-21-8-1-2-13(21)15-17-10-18-20-15/h3-6,10,13H,1-2,7-9H2,(H,19,22)(H,17,18,20). The van der Waals surface area contributed by atoms with Crippen LogP contribution in [0.2, 0.25) is 0 Å². The number of likely N-dealkylation sites (tertiary alicyclic amines) is 1. The molecule has 0 radical (unpaired) electrons. The number of aromatic amines is 1. The van der Waals surface area contributed by atoms with Crippen molar-refractivity contribution in [2.24, 2.45) is 0 Å². The van der Waals surface area contributed by atoms with Crippen molar-refractivity contribution in [3.8, 4) is 0 Å². The van der Waals surface area contributed by atoms with Gasteiger partial charge in [0.2, 0.25) is 5.91 Å². The maximum absolute atomic E-state index is 12.8. The Hall–Kier alpha value is -2.28. The average molecular weight is 303 g/mol. The van der Waals surface area contributed by atoms with Crippen LogP contribution in [0, 0.1) is 5.82 Å². The molecule has 116 valence electrons. The Morgan fingerprint density at radius 3 is 2.95 bits per heavy atom. The Labute approximate surface area is 127 Å². The van der Waals surface area contributed by atoms with Gasteiger partial charge in [0.25, 0.3) is 0 Å². The van der Waals surface area contributed by atoms with E-state index >= 15 is 0 Å². The molecule has 1 aliphatic rings. The maximum atomic E-state index is 12.8. The van der Waals surface area contributed by atoms with Crippen molar-refractivity contribution >= 4 is 11.6 Å². The third-order valence-corrected chi connectivity index (χ3v) is 3.87. The van der Waals surface area contributed by atoms with E-state index in [9.17, 15) is 9.18 Å². The highest BCUT2D eigenvalue weighted by molar-refractivity contribution is 5.90. The van der Waals surface area contributed by atoms with Crippen LogP contribution >= 0.6 is 0 Å². The molecule has 6 nitrogen and oxygen atoms in total. The van der Waals surface area contributed by atoms with Crippen molar-refractivity contribution in [2.45, 2.75) is 25.3 Å². The lowest BCUT2D eigenvalue weighted by atomic mass is 10.2. The van der Waals surface area contributed by atoms with Gasteiger partial charge in [-0.3, -0.25) is 14.8 Å². The molecule has 0 saturated carbocycles. The minimum Gasteiger partial charge on any atom is -0.326 e. The Balaban J connectivity index is 1.51. The molecule has 0 bridgehead atoms. The second kappa shape index (κ2) is 6.65. The zero-order valence-corrected chi connectivity index (χ0v) is 12.1. The predicted molar refractivity (Wildman–Crippen MR) is 79.6 cm³/mol. The minimum absolute atomic E-state index is 0.0742. The summed E-state index contributed by atoms with van der Waals surface area (Å²) in [6.07, 6.45) is 4.01. The van der Waals surface area contributed by atoms with Crippen LogP contribution < -0.4 is 5.32 Å². The van der Waals surface area contributed by atoms with E-state index in [-0.39, 0.29) is 17.8 Å². The first-order valence-electron chi connectivity index (χ1n) is 7.37. The topological polar surface area (TPSA) is 73.9 Å². The van der Waals surface area contributed by atoms with Gasteiger partial charge in [-0.15, -0.1) is 0 Å². The second-order valence-corrected chi connectivity index (χ2v) is 5.37. The van der Waals surface area contributed by atoms with Crippen LogP contribution in [0.25, 0.3) is 0 Å². The van der Waals surface area contributed by atoms with Crippen LogP contribution in [0.1, 0.15) is 31.1 Å². The quantitative estimate of drug-likeness (QED) is 0.887. The summed E-state index contributed by atoms with van der Waals surface area (Å²) >= 11 is 0. The molecule has 7 heteroatoms. The minimum atomic E-state index is -0.315. The Morgan fingerprint density at radius 1 is 1.41 bits per heavy atom. The molecule has 22 heavy (non-hydrogen) atoms. The van der Waals surface area contributed by atoms with E-state index in [1.165, 1.54) is 18.5 Å². The van der Waals surface area contributed by atoms with E-state index < -0.39 is 0 Å². The van der Waals surface area contributed by atoms with E-state index in [0.717, 1.165) is 25.2 Å². The Bertz CT molecular complexity index is 613. The van der Waals surface area contributed by atoms with Gasteiger partial charge in [-0.1, -0.05) is 0 Å². The molecule has 0 spiro atoms. The number of carbonyl (C=O) groups excluding carboxylic acids is 1. The van der Waals surface area contributed by atoms with Crippen LogP contribution in [0.15, 0.2) is 30.6 Å². The molecule has 2 N–H and O–H groups in total. The van der Waals surface area contributed by atoms with Gasteiger partial charge in [0, 0.05) is 18.7 Å². The molecule has 1 aromatic carbocycles. The summed E-state index contributed by atoms with van der Waals surface area (Å²) in [5, 5.41) is 9.56. The van der Waals surface area contributed by atoms with Crippen molar-refractivity contribution in [2.75, 3.05) is 18.4 Å². The lowest BCUT2D eigenvalue weighted by molar-refractivity contribution is -0.116. The third kappa shape index (κ3) is 3.48. The van der Waals surface area contributed by atoms with E-state index in [1.54, 1.807) is 12.1 Å². The van der Waals surface area contributed by atoms with Gasteiger partial charge in [0.1, 0.15) is 18.0 Å². The number of nitrogens with one attached hydrogen (secondary N) is 2. The van der Waals surface area contributed by atoms with Gasteiger partial charge in [0.05, 0.1) is 6.04 Å². The summed E-state index contributed by atoms with van der Waals surface area (Å²) in [6, 6.07) is 5.98. The number of amides is 1. The monoisotopic (exact) mass is 303 g/mol. The van der Waals surface area contributed by atoms with Gasteiger partial charge in [-0.25, -0.2) is 9.37 Å². The van der Waals surface area contributed by atoms with E-state index in [2.05, 4.69) is 25.4 Å². The van der Waals surface area contributed by atoms with Gasteiger partial charge < -0.3 is 5.32 Å². The molecule has 1 unspecified atom stereocenters. The molecule has 2 heterocycles. The first kappa shape index (κ1) is 14.6. The molecule has 1 amide bonds. The second-order valence-electron chi connectivity index (χ2n) is 5.37. The number of rotatable bonds is 5. The first-order chi connectivity index (χ1) is 10.7. The molecule has 1 saturated heterocycles. The summed E-state index contributed by atoms with van der Waals surface area (Å²) in [4.78, 5) is 18.4. The molecular formula is C15H18FN5O. The van der Waals surface area contributed by atoms with Gasteiger partial charge in [0.15, 0.2) is 0 Å². The number of nitrogens with zero attached hydrogens (tertiary/aromatic N) is 3. The van der Waals surface area contributed by atoms with Crippen LogP contribution in [-0.4, -0.2) is 39.1 Å². The van der Waals surface area contributed by atoms with Crippen LogP contribution in [0.5, 0.6) is 0 Å². The first-order valence-corrected chi connectivity index (χ1v) is 7.37. The number of hydrogen-bond acceptors (Lipinski definition) is 4. The highest BCUT2D eigenvalue weighted by Crippen LogP contribution is 2.29. The molecule has 0 aliphatic carbocycles. The number of halogens is 1. The fraction of sp³-hybridized carbons (Fsp3) is 0.400. The van der Waals surface area contributed by atoms with Gasteiger partial charge >= 0.3 is 0 Å². The van der Waals surface area contributed by atoms with Crippen molar-refractivity contribution in [1.82, 2.24) is 20.1 Å². The number of carbonyl (C=O) groups is 1. The lowest BCUT2D eigenvalue weighted by Gasteiger charge is -2.22. The van der Waals surface area contributed by atoms with Crippen molar-refractivity contribution < 1.29 is 9.18 Å². The largest absolute Gasteiger partial charge is 0.326 e. The van der Waals surface area contributed by atoms with Gasteiger partial charge in [-0.05, 0) is 43.7 Å². The Morgan fingerprint density at radius 2 is 2.23 bits per heavy atom. The van der Waals surface area contributed by atoms with E-state index in [1.807, 2.05) is 0 Å². The zero-order chi connectivity index (χ0) is 15.4. The summed E-state index contributed by atoms with van der Waals surface area (Å²) in [5.74, 6) is 0.469. The molecule has 1 fully saturated rings. The molecule has 2 aromatic rings. The summed E-state index contributed by atoms with van der Waals surface area (Å²) in [6.45, 7) is 1.62.